The number of halogens is 1. The maximum Gasteiger partial charge on any atom is 0.219 e. The molecule has 0 aliphatic rings. The van der Waals surface area contributed by atoms with Gasteiger partial charge in [0.05, 0.1) is 6.61 Å². The quantitative estimate of drug-likeness (QED) is 0.596. The highest BCUT2D eigenvalue weighted by Crippen LogP contribution is 2.19. The average molecular weight is 346 g/mol. The molecule has 0 bridgehead atoms. The third kappa shape index (κ3) is 6.39. The molecule has 0 saturated heterocycles. The molecule has 2 N–H and O–H groups in total. The Bertz CT molecular complexity index is 692. The van der Waals surface area contributed by atoms with E-state index >= 15 is 0 Å². The van der Waals surface area contributed by atoms with E-state index in [0.717, 1.165) is 5.56 Å². The third-order valence-corrected chi connectivity index (χ3v) is 3.30. The van der Waals surface area contributed by atoms with Crippen molar-refractivity contribution in [2.45, 2.75) is 19.5 Å². The molecule has 0 aliphatic heterocycles. The van der Waals surface area contributed by atoms with Gasteiger partial charge in [0.2, 0.25) is 5.88 Å². The molecule has 0 spiro atoms. The van der Waals surface area contributed by atoms with Gasteiger partial charge in [-0.3, -0.25) is 4.99 Å². The second-order valence-corrected chi connectivity index (χ2v) is 5.49. The fourth-order valence-electron chi connectivity index (χ4n) is 2.13. The van der Waals surface area contributed by atoms with Gasteiger partial charge in [0.1, 0.15) is 11.6 Å². The molecular weight excluding hydrogens is 323 g/mol. The van der Waals surface area contributed by atoms with E-state index in [4.69, 9.17) is 9.47 Å². The fraction of sp³-hybridized carbons (Fsp3) is 0.333. The van der Waals surface area contributed by atoms with Crippen LogP contribution in [0.25, 0.3) is 0 Å². The van der Waals surface area contributed by atoms with Crippen molar-refractivity contribution in [3.8, 4) is 11.6 Å². The first-order valence-electron chi connectivity index (χ1n) is 7.95. The Morgan fingerprint density at radius 1 is 1.32 bits per heavy atom. The molecule has 1 aromatic heterocycles. The van der Waals surface area contributed by atoms with E-state index in [-0.39, 0.29) is 11.9 Å². The zero-order valence-electron chi connectivity index (χ0n) is 14.6. The Morgan fingerprint density at radius 2 is 2.16 bits per heavy atom. The molecule has 1 unspecified atom stereocenters. The van der Waals surface area contributed by atoms with Crippen LogP contribution < -0.4 is 15.4 Å². The molecule has 0 amide bonds. The highest BCUT2D eigenvalue weighted by Gasteiger charge is 2.05. The number of guanidine groups is 1. The minimum atomic E-state index is -0.347. The van der Waals surface area contributed by atoms with Crippen LogP contribution in [0.3, 0.4) is 0 Å². The van der Waals surface area contributed by atoms with Crippen LogP contribution in [0.2, 0.25) is 0 Å². The van der Waals surface area contributed by atoms with Crippen molar-refractivity contribution in [1.82, 2.24) is 15.6 Å². The highest BCUT2D eigenvalue weighted by molar-refractivity contribution is 5.79. The van der Waals surface area contributed by atoms with Gasteiger partial charge in [-0.2, -0.15) is 0 Å². The molecule has 0 fully saturated rings. The second kappa shape index (κ2) is 9.58. The van der Waals surface area contributed by atoms with Crippen molar-refractivity contribution in [2.24, 2.45) is 4.99 Å². The monoisotopic (exact) mass is 346 g/mol. The van der Waals surface area contributed by atoms with E-state index in [9.17, 15) is 4.39 Å². The molecule has 7 heteroatoms. The average Bonchev–Trinajstić information content (AvgIpc) is 2.60. The van der Waals surface area contributed by atoms with Crippen molar-refractivity contribution >= 4 is 5.96 Å². The number of hydrogen-bond acceptors (Lipinski definition) is 4. The van der Waals surface area contributed by atoms with Crippen LogP contribution in [-0.2, 0) is 11.3 Å². The van der Waals surface area contributed by atoms with Crippen molar-refractivity contribution in [1.29, 1.82) is 0 Å². The zero-order valence-corrected chi connectivity index (χ0v) is 14.6. The van der Waals surface area contributed by atoms with E-state index in [1.54, 1.807) is 38.6 Å². The second-order valence-electron chi connectivity index (χ2n) is 5.49. The molecule has 0 radical (unpaired) electrons. The number of hydrogen-bond donors (Lipinski definition) is 2. The summed E-state index contributed by atoms with van der Waals surface area (Å²) in [5.41, 5.74) is 0.967. The van der Waals surface area contributed by atoms with Gasteiger partial charge in [0.15, 0.2) is 5.96 Å². The first-order chi connectivity index (χ1) is 12.1. The van der Waals surface area contributed by atoms with Crippen LogP contribution >= 0.6 is 0 Å². The van der Waals surface area contributed by atoms with Gasteiger partial charge < -0.3 is 20.1 Å². The molecule has 25 heavy (non-hydrogen) atoms. The number of pyridine rings is 1. The van der Waals surface area contributed by atoms with Gasteiger partial charge in [0, 0.05) is 45.1 Å². The summed E-state index contributed by atoms with van der Waals surface area (Å²) in [5, 5.41) is 6.42. The fourth-order valence-corrected chi connectivity index (χ4v) is 2.13. The summed E-state index contributed by atoms with van der Waals surface area (Å²) in [6, 6.07) is 9.73. The van der Waals surface area contributed by atoms with Crippen LogP contribution in [0.5, 0.6) is 11.6 Å². The molecular formula is C18H23FN4O2. The largest absolute Gasteiger partial charge is 0.439 e. The minimum Gasteiger partial charge on any atom is -0.439 e. The lowest BCUT2D eigenvalue weighted by Crippen LogP contribution is -2.43. The topological polar surface area (TPSA) is 67.8 Å². The lowest BCUT2D eigenvalue weighted by atomic mass is 10.3. The Labute approximate surface area is 147 Å². The maximum atomic E-state index is 13.1. The Kier molecular flexibility index (Phi) is 7.16. The predicted octanol–water partition coefficient (Wildman–Crippen LogP) is 2.71. The number of aromatic nitrogens is 1. The van der Waals surface area contributed by atoms with Crippen LogP contribution in [0.1, 0.15) is 12.5 Å². The smallest absolute Gasteiger partial charge is 0.219 e. The van der Waals surface area contributed by atoms with Crippen LogP contribution in [0, 0.1) is 5.82 Å². The van der Waals surface area contributed by atoms with E-state index in [0.29, 0.717) is 30.7 Å². The van der Waals surface area contributed by atoms with Crippen LogP contribution in [0.4, 0.5) is 4.39 Å². The van der Waals surface area contributed by atoms with Gasteiger partial charge in [0.25, 0.3) is 0 Å². The number of benzene rings is 1. The molecule has 134 valence electrons. The standard InChI is InChI=1S/C18H23FN4O2/c1-13(12-24-3)23-18(20-2)22-11-14-7-8-17(21-10-14)25-16-6-4-5-15(19)9-16/h4-10,13H,11-12H2,1-3H3,(H2,20,22,23). The molecule has 1 aromatic carbocycles. The number of ether oxygens (including phenoxy) is 2. The van der Waals surface area contributed by atoms with Gasteiger partial charge in [-0.25, -0.2) is 9.37 Å². The first kappa shape index (κ1) is 18.7. The number of rotatable bonds is 7. The molecule has 2 rings (SSSR count). The predicted molar refractivity (Wildman–Crippen MR) is 95.4 cm³/mol. The Morgan fingerprint density at radius 3 is 2.80 bits per heavy atom. The van der Waals surface area contributed by atoms with E-state index in [1.807, 2.05) is 13.0 Å². The number of aliphatic imine (C=N–C) groups is 1. The molecule has 0 aliphatic carbocycles. The summed E-state index contributed by atoms with van der Waals surface area (Å²) in [6.07, 6.45) is 1.70. The normalized spacial score (nSPS) is 12.6. The summed E-state index contributed by atoms with van der Waals surface area (Å²) in [6.45, 7) is 3.16. The summed E-state index contributed by atoms with van der Waals surface area (Å²) in [5.74, 6) is 1.16. The number of nitrogens with zero attached hydrogens (tertiary/aromatic N) is 2. The third-order valence-electron chi connectivity index (χ3n) is 3.30. The van der Waals surface area contributed by atoms with Gasteiger partial charge in [-0.15, -0.1) is 0 Å². The van der Waals surface area contributed by atoms with Crippen molar-refractivity contribution in [3.05, 3.63) is 54.0 Å². The Hall–Kier alpha value is -2.67. The summed E-state index contributed by atoms with van der Waals surface area (Å²) >= 11 is 0. The molecule has 1 atom stereocenters. The molecule has 1 heterocycles. The van der Waals surface area contributed by atoms with Crippen molar-refractivity contribution in [3.63, 3.8) is 0 Å². The summed E-state index contributed by atoms with van der Waals surface area (Å²) in [7, 11) is 3.37. The van der Waals surface area contributed by atoms with Crippen molar-refractivity contribution < 1.29 is 13.9 Å². The Balaban J connectivity index is 1.87. The van der Waals surface area contributed by atoms with E-state index < -0.39 is 0 Å². The van der Waals surface area contributed by atoms with Crippen molar-refractivity contribution in [2.75, 3.05) is 20.8 Å². The minimum absolute atomic E-state index is 0.149. The van der Waals surface area contributed by atoms with Gasteiger partial charge >= 0.3 is 0 Å². The molecule has 6 nitrogen and oxygen atoms in total. The lowest BCUT2D eigenvalue weighted by molar-refractivity contribution is 0.179. The van der Waals surface area contributed by atoms with Crippen LogP contribution in [0.15, 0.2) is 47.6 Å². The van der Waals surface area contributed by atoms with Crippen LogP contribution in [-0.4, -0.2) is 37.7 Å². The zero-order chi connectivity index (χ0) is 18.1. The van der Waals surface area contributed by atoms with Gasteiger partial charge in [-0.1, -0.05) is 12.1 Å². The SMILES string of the molecule is CN=C(NCc1ccc(Oc2cccc(F)c2)nc1)NC(C)COC. The number of methoxy groups -OCH3 is 1. The van der Waals surface area contributed by atoms with E-state index in [1.165, 1.54) is 12.1 Å². The summed E-state index contributed by atoms with van der Waals surface area (Å²) in [4.78, 5) is 8.40. The summed E-state index contributed by atoms with van der Waals surface area (Å²) < 4.78 is 23.8. The molecule has 0 saturated carbocycles. The molecule has 2 aromatic rings. The number of nitrogens with one attached hydrogen (secondary N) is 2. The lowest BCUT2D eigenvalue weighted by Gasteiger charge is -2.17. The maximum absolute atomic E-state index is 13.1. The first-order valence-corrected chi connectivity index (χ1v) is 7.95. The van der Waals surface area contributed by atoms with Gasteiger partial charge in [-0.05, 0) is 24.6 Å². The highest BCUT2D eigenvalue weighted by atomic mass is 19.1. The van der Waals surface area contributed by atoms with E-state index in [2.05, 4.69) is 20.6 Å².